The molecule has 1 amide bonds. The summed E-state index contributed by atoms with van der Waals surface area (Å²) in [6, 6.07) is 6.29. The number of amides is 1. The number of nitrogens with one attached hydrogen (secondary N) is 3. The number of aromatic amines is 1. The van der Waals surface area contributed by atoms with Gasteiger partial charge in [-0.05, 0) is 44.3 Å². The number of carbonyl (C=O) groups excluding carboxylic acids is 1. The zero-order valence-corrected chi connectivity index (χ0v) is 18.9. The molecular weight excluding hydrogens is 496 g/mol. The molecule has 0 aliphatic rings. The van der Waals surface area contributed by atoms with Crippen molar-refractivity contribution in [2.45, 2.75) is 12.6 Å². The summed E-state index contributed by atoms with van der Waals surface area (Å²) in [5.41, 5.74) is -2.40. The highest BCUT2D eigenvalue weighted by molar-refractivity contribution is 6.31. The topological polar surface area (TPSA) is 105 Å². The molecule has 0 saturated carbocycles. The molecule has 3 N–H and O–H groups in total. The minimum absolute atomic E-state index is 0.0658. The lowest BCUT2D eigenvalue weighted by Gasteiger charge is -2.17. The second-order valence-electron chi connectivity index (χ2n) is 7.06. The van der Waals surface area contributed by atoms with Crippen LogP contribution in [0.4, 0.5) is 23.2 Å². The Balaban J connectivity index is 2.01. The van der Waals surface area contributed by atoms with Crippen LogP contribution in [0.25, 0.3) is 0 Å². The van der Waals surface area contributed by atoms with Crippen molar-refractivity contribution in [3.8, 4) is 17.4 Å². The lowest BCUT2D eigenvalue weighted by molar-refractivity contribution is -0.141. The van der Waals surface area contributed by atoms with Crippen molar-refractivity contribution in [2.75, 3.05) is 25.5 Å². The van der Waals surface area contributed by atoms with Crippen LogP contribution in [-0.2, 0) is 6.18 Å². The van der Waals surface area contributed by atoms with E-state index in [4.69, 9.17) is 21.1 Å². The third-order valence-electron chi connectivity index (χ3n) is 4.43. The first-order valence-electron chi connectivity index (χ1n) is 10.1. The zero-order valence-electron chi connectivity index (χ0n) is 18.1. The van der Waals surface area contributed by atoms with Crippen molar-refractivity contribution in [1.29, 1.82) is 0 Å². The van der Waals surface area contributed by atoms with Crippen molar-refractivity contribution in [1.82, 2.24) is 15.3 Å². The van der Waals surface area contributed by atoms with Gasteiger partial charge in [0.15, 0.2) is 17.2 Å². The molecule has 0 radical (unpaired) electrons. The van der Waals surface area contributed by atoms with Crippen molar-refractivity contribution >= 4 is 23.2 Å². The van der Waals surface area contributed by atoms with E-state index in [1.54, 1.807) is 7.05 Å². The highest BCUT2D eigenvalue weighted by Gasteiger charge is 2.37. The van der Waals surface area contributed by atoms with E-state index in [1.807, 2.05) is 0 Å². The van der Waals surface area contributed by atoms with Crippen LogP contribution in [0.1, 0.15) is 22.5 Å². The molecule has 1 aromatic carbocycles. The molecule has 186 valence electrons. The highest BCUT2D eigenvalue weighted by atomic mass is 35.5. The van der Waals surface area contributed by atoms with E-state index in [0.29, 0.717) is 13.0 Å². The molecular formula is C22H19ClF4N4O4. The molecule has 0 aliphatic heterocycles. The van der Waals surface area contributed by atoms with Crippen molar-refractivity contribution in [3.63, 3.8) is 0 Å². The number of benzene rings is 1. The van der Waals surface area contributed by atoms with Crippen LogP contribution >= 0.6 is 11.6 Å². The Morgan fingerprint density at radius 2 is 1.94 bits per heavy atom. The molecule has 3 rings (SSSR count). The van der Waals surface area contributed by atoms with Crippen molar-refractivity contribution in [2.24, 2.45) is 0 Å². The number of alkyl halides is 3. The number of hydrogen-bond acceptors (Lipinski definition) is 6. The molecule has 35 heavy (non-hydrogen) atoms. The Morgan fingerprint density at radius 3 is 2.63 bits per heavy atom. The monoisotopic (exact) mass is 514 g/mol. The largest absolute Gasteiger partial charge is 0.490 e. The molecule has 2 heterocycles. The molecule has 0 saturated heterocycles. The summed E-state index contributed by atoms with van der Waals surface area (Å²) in [5.74, 6) is -2.66. The summed E-state index contributed by atoms with van der Waals surface area (Å²) in [5, 5.41) is 4.43. The predicted molar refractivity (Wildman–Crippen MR) is 120 cm³/mol. The summed E-state index contributed by atoms with van der Waals surface area (Å²) in [7, 11) is 1.74. The van der Waals surface area contributed by atoms with E-state index < -0.39 is 45.6 Å². The Bertz CT molecular complexity index is 1270. The first-order chi connectivity index (χ1) is 16.6. The van der Waals surface area contributed by atoms with Crippen LogP contribution < -0.4 is 25.7 Å². The van der Waals surface area contributed by atoms with Crippen molar-refractivity contribution in [3.05, 3.63) is 75.0 Å². The van der Waals surface area contributed by atoms with Gasteiger partial charge in [-0.25, -0.2) is 9.37 Å². The van der Waals surface area contributed by atoms with E-state index in [-0.39, 0.29) is 23.8 Å². The van der Waals surface area contributed by atoms with Gasteiger partial charge >= 0.3 is 6.18 Å². The normalized spacial score (nSPS) is 11.3. The predicted octanol–water partition coefficient (Wildman–Crippen LogP) is 4.61. The van der Waals surface area contributed by atoms with Gasteiger partial charge in [0.2, 0.25) is 11.4 Å². The molecule has 0 bridgehead atoms. The van der Waals surface area contributed by atoms with Gasteiger partial charge in [-0.3, -0.25) is 9.59 Å². The average molecular weight is 515 g/mol. The van der Waals surface area contributed by atoms with Crippen LogP contribution in [0.15, 0.2) is 47.4 Å². The van der Waals surface area contributed by atoms with Gasteiger partial charge in [-0.15, -0.1) is 0 Å². The number of H-pyrrole nitrogens is 1. The molecule has 0 aliphatic carbocycles. The quantitative estimate of drug-likeness (QED) is 0.284. The number of hydrogen-bond donors (Lipinski definition) is 3. The van der Waals surface area contributed by atoms with E-state index in [9.17, 15) is 27.2 Å². The molecule has 2 aromatic heterocycles. The fourth-order valence-corrected chi connectivity index (χ4v) is 3.10. The Morgan fingerprint density at radius 1 is 1.17 bits per heavy atom. The SMILES string of the molecule is CNCCCOc1cc(F)ccc1Oc1nc(C(F)(F)F)c(Cl)cc1C(=O)Nc1cc[nH]c(=O)c1. The second kappa shape index (κ2) is 11.2. The van der Waals surface area contributed by atoms with E-state index in [0.717, 1.165) is 30.3 Å². The summed E-state index contributed by atoms with van der Waals surface area (Å²) in [6.45, 7) is 0.754. The Kier molecular flexibility index (Phi) is 8.30. The van der Waals surface area contributed by atoms with Crippen LogP contribution in [0, 0.1) is 5.82 Å². The molecule has 0 spiro atoms. The summed E-state index contributed by atoms with van der Waals surface area (Å²) < 4.78 is 65.1. The maximum absolute atomic E-state index is 13.8. The van der Waals surface area contributed by atoms with E-state index in [1.165, 1.54) is 12.3 Å². The molecule has 0 unspecified atom stereocenters. The van der Waals surface area contributed by atoms with Crippen LogP contribution in [0.3, 0.4) is 0 Å². The zero-order chi connectivity index (χ0) is 25.6. The molecule has 0 fully saturated rings. The number of anilines is 1. The van der Waals surface area contributed by atoms with Crippen LogP contribution in [-0.4, -0.2) is 36.1 Å². The van der Waals surface area contributed by atoms with Gasteiger partial charge < -0.3 is 25.1 Å². The number of rotatable bonds is 9. The fourth-order valence-electron chi connectivity index (χ4n) is 2.85. The van der Waals surface area contributed by atoms with Crippen molar-refractivity contribution < 1.29 is 31.8 Å². The van der Waals surface area contributed by atoms with Gasteiger partial charge in [0, 0.05) is 24.0 Å². The third kappa shape index (κ3) is 6.93. The second-order valence-corrected chi connectivity index (χ2v) is 7.47. The number of nitrogens with zero attached hydrogens (tertiary/aromatic N) is 1. The third-order valence-corrected chi connectivity index (χ3v) is 4.72. The minimum Gasteiger partial charge on any atom is -0.490 e. The first kappa shape index (κ1) is 26.0. The van der Waals surface area contributed by atoms with Gasteiger partial charge in [0.25, 0.3) is 5.91 Å². The summed E-state index contributed by atoms with van der Waals surface area (Å²) in [4.78, 5) is 30.1. The number of aromatic nitrogens is 2. The maximum atomic E-state index is 13.8. The smallest absolute Gasteiger partial charge is 0.434 e. The molecule has 0 atom stereocenters. The molecule has 13 heteroatoms. The Labute approximate surface area is 201 Å². The summed E-state index contributed by atoms with van der Waals surface area (Å²) in [6.07, 6.45) is -3.14. The Hall–Kier alpha value is -3.64. The van der Waals surface area contributed by atoms with Gasteiger partial charge in [-0.2, -0.15) is 13.2 Å². The number of halogens is 5. The van der Waals surface area contributed by atoms with E-state index >= 15 is 0 Å². The molecule has 8 nitrogen and oxygen atoms in total. The average Bonchev–Trinajstić information content (AvgIpc) is 2.78. The number of carbonyl (C=O) groups is 1. The molecule has 3 aromatic rings. The van der Waals surface area contributed by atoms with Gasteiger partial charge in [-0.1, -0.05) is 11.6 Å². The number of pyridine rings is 2. The lowest BCUT2D eigenvalue weighted by atomic mass is 10.2. The summed E-state index contributed by atoms with van der Waals surface area (Å²) >= 11 is 5.76. The number of ether oxygens (including phenoxy) is 2. The van der Waals surface area contributed by atoms with Gasteiger partial charge in [0.05, 0.1) is 11.6 Å². The maximum Gasteiger partial charge on any atom is 0.434 e. The highest BCUT2D eigenvalue weighted by Crippen LogP contribution is 2.39. The van der Waals surface area contributed by atoms with Crippen LogP contribution in [0.5, 0.6) is 17.4 Å². The lowest BCUT2D eigenvalue weighted by Crippen LogP contribution is -2.18. The van der Waals surface area contributed by atoms with Crippen LogP contribution in [0.2, 0.25) is 5.02 Å². The van der Waals surface area contributed by atoms with Gasteiger partial charge in [0.1, 0.15) is 11.4 Å². The standard InChI is InChI=1S/C22H19ClF4N4O4/c1-28-6-2-8-34-17-9-12(24)3-4-16(17)35-21-14(11-15(23)19(31-21)22(25,26)27)20(33)30-13-5-7-29-18(32)10-13/h3-5,7,9-11,28H,2,6,8H2,1H3,(H2,29,30,32,33). The fraction of sp³-hybridized carbons (Fsp3) is 0.227. The van der Waals surface area contributed by atoms with E-state index in [2.05, 4.69) is 20.6 Å². The minimum atomic E-state index is -4.95. The first-order valence-corrected chi connectivity index (χ1v) is 10.5.